The van der Waals surface area contributed by atoms with E-state index in [-0.39, 0.29) is 35.7 Å². The van der Waals surface area contributed by atoms with Gasteiger partial charge < -0.3 is 9.47 Å². The van der Waals surface area contributed by atoms with E-state index >= 15 is 0 Å². The summed E-state index contributed by atoms with van der Waals surface area (Å²) in [5.41, 5.74) is 0. The Labute approximate surface area is 224 Å². The molecule has 1 saturated heterocycles. The normalized spacial score (nSPS) is 29.9. The molecule has 0 amide bonds. The molecule has 4 unspecified atom stereocenters. The fraction of sp³-hybridized carbons (Fsp3) is 0.759. The molecule has 0 bridgehead atoms. The van der Waals surface area contributed by atoms with Crippen LogP contribution in [0.25, 0.3) is 0 Å². The van der Waals surface area contributed by atoms with Gasteiger partial charge in [0.1, 0.15) is 5.37 Å². The highest BCUT2D eigenvalue weighted by atomic mass is 32.2. The molecule has 1 heterocycles. The number of esters is 1. The standard InChI is InChI=1S/C29H40F3NO3S/c1-2-28(34)36-19-6-4-3-5-18-35-25-14-10-22(11-15-25)7-8-23-9-12-24(26(21-23)29(30,31)32)13-16-27-33-17-20-37-27/h2,22-27,33H,1,3-6,9-12,14-15,17-21H2. The van der Waals surface area contributed by atoms with Gasteiger partial charge in [-0.2, -0.15) is 13.2 Å². The third-order valence-electron chi connectivity index (χ3n) is 7.36. The van der Waals surface area contributed by atoms with Crippen molar-refractivity contribution in [3.8, 4) is 23.7 Å². The first-order valence-electron chi connectivity index (χ1n) is 13.7. The fourth-order valence-corrected chi connectivity index (χ4v) is 6.04. The van der Waals surface area contributed by atoms with E-state index in [0.29, 0.717) is 19.4 Å². The van der Waals surface area contributed by atoms with Crippen molar-refractivity contribution < 1.29 is 27.4 Å². The highest BCUT2D eigenvalue weighted by Crippen LogP contribution is 2.43. The first kappa shape index (κ1) is 29.9. The summed E-state index contributed by atoms with van der Waals surface area (Å²) < 4.78 is 52.3. The quantitative estimate of drug-likeness (QED) is 0.166. The number of rotatable bonds is 9. The molecule has 2 aliphatic carbocycles. The van der Waals surface area contributed by atoms with Gasteiger partial charge in [0.15, 0.2) is 0 Å². The average Bonchev–Trinajstić information content (AvgIpc) is 3.41. The van der Waals surface area contributed by atoms with Crippen molar-refractivity contribution in [2.45, 2.75) is 88.3 Å². The Bertz CT molecular complexity index is 842. The number of unbranched alkanes of at least 4 members (excludes halogenated alkanes) is 3. The summed E-state index contributed by atoms with van der Waals surface area (Å²) in [6, 6.07) is 0. The second kappa shape index (κ2) is 15.7. The van der Waals surface area contributed by atoms with Crippen molar-refractivity contribution in [1.82, 2.24) is 5.32 Å². The third kappa shape index (κ3) is 11.0. The van der Waals surface area contributed by atoms with Crippen molar-refractivity contribution in [2.24, 2.45) is 23.7 Å². The highest BCUT2D eigenvalue weighted by molar-refractivity contribution is 8.00. The lowest BCUT2D eigenvalue weighted by Crippen LogP contribution is -2.35. The lowest BCUT2D eigenvalue weighted by Gasteiger charge is -2.33. The topological polar surface area (TPSA) is 47.6 Å². The van der Waals surface area contributed by atoms with E-state index < -0.39 is 18.0 Å². The lowest BCUT2D eigenvalue weighted by molar-refractivity contribution is -0.192. The van der Waals surface area contributed by atoms with E-state index in [1.54, 1.807) is 11.8 Å². The Hall–Kier alpha value is -1.61. The van der Waals surface area contributed by atoms with Gasteiger partial charge in [-0.25, -0.2) is 4.79 Å². The second-order valence-corrected chi connectivity index (χ2v) is 11.4. The fourth-order valence-electron chi connectivity index (χ4n) is 5.19. The number of ether oxygens (including phenoxy) is 2. The molecule has 3 aliphatic rings. The van der Waals surface area contributed by atoms with Crippen LogP contribution in [0.2, 0.25) is 0 Å². The molecule has 1 N–H and O–H groups in total. The van der Waals surface area contributed by atoms with E-state index in [2.05, 4.69) is 35.6 Å². The Kier molecular flexibility index (Phi) is 12.7. The van der Waals surface area contributed by atoms with Gasteiger partial charge in [0.05, 0.1) is 18.6 Å². The monoisotopic (exact) mass is 539 g/mol. The molecule has 8 heteroatoms. The van der Waals surface area contributed by atoms with Gasteiger partial charge >= 0.3 is 12.1 Å². The zero-order valence-electron chi connectivity index (χ0n) is 21.6. The molecular weight excluding hydrogens is 499 g/mol. The Morgan fingerprint density at radius 3 is 2.32 bits per heavy atom. The maximum absolute atomic E-state index is 13.8. The van der Waals surface area contributed by atoms with Gasteiger partial charge in [0.25, 0.3) is 0 Å². The summed E-state index contributed by atoms with van der Waals surface area (Å²) in [5, 5.41) is 3.17. The molecule has 2 saturated carbocycles. The summed E-state index contributed by atoms with van der Waals surface area (Å²) in [7, 11) is 0. The number of nitrogens with one attached hydrogen (secondary N) is 1. The van der Waals surface area contributed by atoms with Crippen LogP contribution in [0.4, 0.5) is 13.2 Å². The number of hydrogen-bond donors (Lipinski definition) is 1. The number of alkyl halides is 3. The summed E-state index contributed by atoms with van der Waals surface area (Å²) in [5.74, 6) is 11.2. The van der Waals surface area contributed by atoms with Crippen LogP contribution in [-0.4, -0.2) is 49.1 Å². The van der Waals surface area contributed by atoms with Crippen LogP contribution < -0.4 is 5.32 Å². The van der Waals surface area contributed by atoms with Crippen LogP contribution in [0.15, 0.2) is 12.7 Å². The van der Waals surface area contributed by atoms with Crippen LogP contribution in [0, 0.1) is 47.4 Å². The van der Waals surface area contributed by atoms with Gasteiger partial charge in [-0.3, -0.25) is 5.32 Å². The molecule has 3 fully saturated rings. The van der Waals surface area contributed by atoms with Crippen LogP contribution >= 0.6 is 11.8 Å². The lowest BCUT2D eigenvalue weighted by atomic mass is 9.74. The maximum Gasteiger partial charge on any atom is 0.393 e. The van der Waals surface area contributed by atoms with E-state index in [1.807, 2.05) is 0 Å². The van der Waals surface area contributed by atoms with Gasteiger partial charge in [0.2, 0.25) is 0 Å². The van der Waals surface area contributed by atoms with E-state index in [9.17, 15) is 18.0 Å². The predicted octanol–water partition coefficient (Wildman–Crippen LogP) is 6.12. The first-order valence-corrected chi connectivity index (χ1v) is 14.7. The molecule has 0 radical (unpaired) electrons. The van der Waals surface area contributed by atoms with Gasteiger partial charge in [-0.1, -0.05) is 36.7 Å². The van der Waals surface area contributed by atoms with Crippen molar-refractivity contribution in [3.05, 3.63) is 12.7 Å². The predicted molar refractivity (Wildman–Crippen MR) is 141 cm³/mol. The molecule has 206 valence electrons. The Morgan fingerprint density at radius 2 is 1.65 bits per heavy atom. The number of carbonyl (C=O) groups excluding carboxylic acids is 1. The Balaban J connectivity index is 1.32. The molecule has 1 aliphatic heterocycles. The number of carbonyl (C=O) groups is 1. The summed E-state index contributed by atoms with van der Waals surface area (Å²) >= 11 is 1.66. The minimum absolute atomic E-state index is 0.0360. The van der Waals surface area contributed by atoms with E-state index in [1.165, 1.54) is 6.08 Å². The largest absolute Gasteiger partial charge is 0.463 e. The second-order valence-electron chi connectivity index (χ2n) is 10.2. The third-order valence-corrected chi connectivity index (χ3v) is 8.41. The molecular formula is C29H40F3NO3S. The number of halogens is 3. The van der Waals surface area contributed by atoms with Gasteiger partial charge in [0, 0.05) is 42.7 Å². The molecule has 0 aromatic carbocycles. The van der Waals surface area contributed by atoms with Crippen LogP contribution in [0.3, 0.4) is 0 Å². The minimum Gasteiger partial charge on any atom is -0.463 e. The first-order chi connectivity index (χ1) is 17.8. The summed E-state index contributed by atoms with van der Waals surface area (Å²) in [4.78, 5) is 11.0. The molecule has 0 aromatic rings. The Morgan fingerprint density at radius 1 is 0.946 bits per heavy atom. The number of hydrogen-bond acceptors (Lipinski definition) is 5. The van der Waals surface area contributed by atoms with E-state index in [0.717, 1.165) is 70.3 Å². The molecule has 0 aromatic heterocycles. The highest BCUT2D eigenvalue weighted by Gasteiger charge is 2.47. The van der Waals surface area contributed by atoms with Crippen molar-refractivity contribution in [2.75, 3.05) is 25.5 Å². The molecule has 37 heavy (non-hydrogen) atoms. The molecule has 4 atom stereocenters. The summed E-state index contributed by atoms with van der Waals surface area (Å²) in [6.07, 6.45) is 6.09. The molecule has 0 spiro atoms. The zero-order valence-corrected chi connectivity index (χ0v) is 22.4. The smallest absolute Gasteiger partial charge is 0.393 e. The van der Waals surface area contributed by atoms with Crippen molar-refractivity contribution in [1.29, 1.82) is 0 Å². The maximum atomic E-state index is 13.8. The minimum atomic E-state index is -4.23. The van der Waals surface area contributed by atoms with Crippen LogP contribution in [-0.2, 0) is 14.3 Å². The molecule has 3 rings (SSSR count). The average molecular weight is 540 g/mol. The van der Waals surface area contributed by atoms with Gasteiger partial charge in [-0.05, 0) is 64.2 Å². The number of thioether (sulfide) groups is 1. The molecule has 4 nitrogen and oxygen atoms in total. The zero-order chi connectivity index (χ0) is 26.5. The summed E-state index contributed by atoms with van der Waals surface area (Å²) in [6.45, 7) is 5.39. The van der Waals surface area contributed by atoms with Crippen molar-refractivity contribution >= 4 is 17.7 Å². The van der Waals surface area contributed by atoms with Crippen LogP contribution in [0.1, 0.15) is 70.6 Å². The van der Waals surface area contributed by atoms with Gasteiger partial charge in [-0.15, -0.1) is 11.8 Å². The SMILES string of the molecule is C=CC(=O)OCCCCCCOC1CCC(C#CC2CCC(C#CC3NCCS3)C(C(F)(F)F)C2)CC1. The van der Waals surface area contributed by atoms with Crippen molar-refractivity contribution in [3.63, 3.8) is 0 Å². The van der Waals surface area contributed by atoms with E-state index in [4.69, 9.17) is 9.47 Å². The van der Waals surface area contributed by atoms with Crippen LogP contribution in [0.5, 0.6) is 0 Å².